The fourth-order valence-corrected chi connectivity index (χ4v) is 4.69. The summed E-state index contributed by atoms with van der Waals surface area (Å²) >= 11 is 0. The quantitative estimate of drug-likeness (QED) is 0.553. The molecular formula is C19H32N3O2+. The van der Waals surface area contributed by atoms with Crippen molar-refractivity contribution in [1.29, 1.82) is 0 Å². The van der Waals surface area contributed by atoms with Crippen LogP contribution >= 0.6 is 0 Å². The van der Waals surface area contributed by atoms with Gasteiger partial charge in [0, 0.05) is 25.0 Å². The van der Waals surface area contributed by atoms with Crippen molar-refractivity contribution >= 4 is 11.9 Å². The van der Waals surface area contributed by atoms with Crippen molar-refractivity contribution in [3.05, 3.63) is 11.3 Å². The van der Waals surface area contributed by atoms with E-state index in [1.54, 1.807) is 0 Å². The lowest BCUT2D eigenvalue weighted by Crippen LogP contribution is -3.22. The number of aliphatic imine (C=N–C) groups is 1. The van der Waals surface area contributed by atoms with Gasteiger partial charge in [-0.1, -0.05) is 39.0 Å². The van der Waals surface area contributed by atoms with E-state index in [0.29, 0.717) is 12.1 Å². The molecule has 5 nitrogen and oxygen atoms in total. The predicted octanol–water partition coefficient (Wildman–Crippen LogP) is 1.94. The minimum Gasteiger partial charge on any atom is -0.465 e. The van der Waals surface area contributed by atoms with Crippen molar-refractivity contribution in [3.8, 4) is 0 Å². The molecule has 0 aromatic carbocycles. The first-order valence-electron chi connectivity index (χ1n) is 9.66. The van der Waals surface area contributed by atoms with Crippen LogP contribution < -0.4 is 10.2 Å². The summed E-state index contributed by atoms with van der Waals surface area (Å²) in [6.45, 7) is 4.24. The van der Waals surface area contributed by atoms with Crippen molar-refractivity contribution in [2.45, 2.75) is 89.8 Å². The maximum Gasteiger partial charge on any atom is 0.341 e. The van der Waals surface area contributed by atoms with Crippen LogP contribution in [0.15, 0.2) is 16.3 Å². The maximum atomic E-state index is 12.2. The number of quaternary nitrogens is 1. The van der Waals surface area contributed by atoms with Crippen LogP contribution in [0.1, 0.15) is 71.6 Å². The molecule has 134 valence electrons. The molecule has 3 heterocycles. The second-order valence-electron chi connectivity index (χ2n) is 7.51. The number of hydrogen-bond donors (Lipinski definition) is 2. The summed E-state index contributed by atoms with van der Waals surface area (Å²) < 4.78 is 5.01. The number of rotatable bonds is 7. The predicted molar refractivity (Wildman–Crippen MR) is 94.8 cm³/mol. The van der Waals surface area contributed by atoms with Gasteiger partial charge in [-0.25, -0.2) is 9.79 Å². The number of unbranched alkanes of at least 4 members (excludes halogenated alkanes) is 4. The van der Waals surface area contributed by atoms with Gasteiger partial charge in [-0.3, -0.25) is 10.2 Å². The minimum absolute atomic E-state index is 0.185. The van der Waals surface area contributed by atoms with Gasteiger partial charge in [-0.05, 0) is 13.3 Å². The highest BCUT2D eigenvalue weighted by molar-refractivity contribution is 5.93. The van der Waals surface area contributed by atoms with Crippen LogP contribution in [0.5, 0.6) is 0 Å². The maximum absolute atomic E-state index is 12.2. The molecule has 0 aromatic heterocycles. The molecule has 3 rings (SSSR count). The first-order chi connectivity index (χ1) is 11.7. The third-order valence-electron chi connectivity index (χ3n) is 5.87. The average Bonchev–Trinajstić information content (AvgIpc) is 2.99. The molecule has 0 bridgehead atoms. The molecule has 0 saturated carbocycles. The Morgan fingerprint density at radius 3 is 2.83 bits per heavy atom. The summed E-state index contributed by atoms with van der Waals surface area (Å²) in [5.41, 5.74) is 1.76. The summed E-state index contributed by atoms with van der Waals surface area (Å²) in [6.07, 6.45) is 11.2. The van der Waals surface area contributed by atoms with Crippen LogP contribution in [-0.2, 0) is 9.53 Å². The third-order valence-corrected chi connectivity index (χ3v) is 5.87. The van der Waals surface area contributed by atoms with Gasteiger partial charge in [0.05, 0.1) is 19.2 Å². The number of guanidine groups is 1. The normalized spacial score (nSPS) is 31.4. The number of carbonyl (C=O) groups excluding carboxylic acids is 1. The van der Waals surface area contributed by atoms with Gasteiger partial charge in [-0.15, -0.1) is 0 Å². The summed E-state index contributed by atoms with van der Waals surface area (Å²) in [5, 5.41) is 3.42. The molecule has 24 heavy (non-hydrogen) atoms. The van der Waals surface area contributed by atoms with E-state index in [2.05, 4.69) is 12.2 Å². The van der Waals surface area contributed by atoms with Crippen LogP contribution in [0.3, 0.4) is 0 Å². The number of carbonyl (C=O) groups is 1. The summed E-state index contributed by atoms with van der Waals surface area (Å²) in [6, 6.07) is 1.28. The largest absolute Gasteiger partial charge is 0.465 e. The molecule has 0 amide bonds. The summed E-state index contributed by atoms with van der Waals surface area (Å²) in [7, 11) is 1.47. The topological polar surface area (TPSA) is 55.1 Å². The standard InChI is InChI=1S/C19H31N3O2/c1-4-5-6-7-8-9-14-12-15-10-11-16-17(18(23)24-3)13(2)20-19(21-14)22(15)16/h14-16H,4-12H2,1-3H3,(H,20,21)/p+1/t14-,15+,16-/m0/s1. The lowest BCUT2D eigenvalue weighted by atomic mass is 9.98. The Kier molecular flexibility index (Phi) is 5.59. The van der Waals surface area contributed by atoms with Gasteiger partial charge in [0.15, 0.2) is 0 Å². The Hall–Kier alpha value is -1.36. The molecule has 0 aliphatic carbocycles. The molecule has 0 aromatic rings. The Morgan fingerprint density at radius 2 is 2.08 bits per heavy atom. The highest BCUT2D eigenvalue weighted by Gasteiger charge is 2.51. The molecule has 0 radical (unpaired) electrons. The van der Waals surface area contributed by atoms with Gasteiger partial charge in [0.2, 0.25) is 0 Å². The molecule has 1 fully saturated rings. The highest BCUT2D eigenvalue weighted by Crippen LogP contribution is 2.26. The van der Waals surface area contributed by atoms with Crippen molar-refractivity contribution in [2.75, 3.05) is 7.11 Å². The average molecular weight is 334 g/mol. The fourth-order valence-electron chi connectivity index (χ4n) is 4.69. The zero-order chi connectivity index (χ0) is 17.1. The Morgan fingerprint density at radius 1 is 1.29 bits per heavy atom. The molecule has 3 aliphatic rings. The lowest BCUT2D eigenvalue weighted by molar-refractivity contribution is -0.846. The van der Waals surface area contributed by atoms with E-state index in [0.717, 1.165) is 30.1 Å². The molecule has 2 N–H and O–H groups in total. The second-order valence-corrected chi connectivity index (χ2v) is 7.51. The zero-order valence-corrected chi connectivity index (χ0v) is 15.4. The smallest absolute Gasteiger partial charge is 0.341 e. The minimum atomic E-state index is -0.185. The summed E-state index contributed by atoms with van der Waals surface area (Å²) in [5.74, 6) is 0.882. The number of nitrogens with one attached hydrogen (secondary N) is 2. The van der Waals surface area contributed by atoms with Crippen molar-refractivity contribution in [1.82, 2.24) is 5.32 Å². The Labute approximate surface area is 145 Å². The molecule has 5 heteroatoms. The molecule has 0 spiro atoms. The lowest BCUT2D eigenvalue weighted by Gasteiger charge is -2.37. The number of allylic oxidation sites excluding steroid dienone is 1. The highest BCUT2D eigenvalue weighted by atomic mass is 16.5. The zero-order valence-electron chi connectivity index (χ0n) is 15.4. The molecule has 3 aliphatic heterocycles. The molecule has 1 saturated heterocycles. The van der Waals surface area contributed by atoms with Gasteiger partial charge in [0.25, 0.3) is 0 Å². The molecule has 1 unspecified atom stereocenters. The Bertz CT molecular complexity index is 541. The van der Waals surface area contributed by atoms with E-state index in [1.807, 2.05) is 6.92 Å². The van der Waals surface area contributed by atoms with Crippen LogP contribution in [-0.4, -0.2) is 37.2 Å². The third kappa shape index (κ3) is 3.37. The van der Waals surface area contributed by atoms with Crippen molar-refractivity contribution < 1.29 is 14.4 Å². The van der Waals surface area contributed by atoms with Crippen LogP contribution in [0.25, 0.3) is 0 Å². The van der Waals surface area contributed by atoms with Crippen LogP contribution in [0, 0.1) is 0 Å². The van der Waals surface area contributed by atoms with Crippen molar-refractivity contribution in [2.24, 2.45) is 4.99 Å². The first-order valence-corrected chi connectivity index (χ1v) is 9.66. The van der Waals surface area contributed by atoms with E-state index >= 15 is 0 Å². The van der Waals surface area contributed by atoms with Crippen LogP contribution in [0.4, 0.5) is 0 Å². The van der Waals surface area contributed by atoms with Crippen LogP contribution in [0.2, 0.25) is 0 Å². The van der Waals surface area contributed by atoms with Gasteiger partial charge in [0.1, 0.15) is 11.6 Å². The first kappa shape index (κ1) is 17.5. The number of esters is 1. The van der Waals surface area contributed by atoms with E-state index < -0.39 is 0 Å². The number of nitrogens with zero attached hydrogens (tertiary/aromatic N) is 1. The monoisotopic (exact) mass is 334 g/mol. The SMILES string of the molecule is CCCCCCC[C@H]1C[C@H]2CC[C@H]3C(C(=O)OC)=C(C)NC(=N1)[NH+]23. The van der Waals surface area contributed by atoms with Gasteiger partial charge >= 0.3 is 11.9 Å². The van der Waals surface area contributed by atoms with E-state index in [4.69, 9.17) is 9.73 Å². The van der Waals surface area contributed by atoms with E-state index in [-0.39, 0.29) is 12.0 Å². The molecular weight excluding hydrogens is 302 g/mol. The fraction of sp³-hybridized carbons (Fsp3) is 0.789. The number of hydrogen-bond acceptors (Lipinski definition) is 4. The second kappa shape index (κ2) is 7.68. The van der Waals surface area contributed by atoms with E-state index in [9.17, 15) is 4.79 Å². The van der Waals surface area contributed by atoms with Crippen molar-refractivity contribution in [3.63, 3.8) is 0 Å². The molecule has 4 atom stereocenters. The van der Waals surface area contributed by atoms with E-state index in [1.165, 1.54) is 57.0 Å². The Balaban J connectivity index is 1.68. The van der Waals surface area contributed by atoms with Gasteiger partial charge in [-0.2, -0.15) is 0 Å². The number of ether oxygens (including phenoxy) is 1. The number of methoxy groups -OCH3 is 1. The van der Waals surface area contributed by atoms with Gasteiger partial charge < -0.3 is 4.74 Å². The summed E-state index contributed by atoms with van der Waals surface area (Å²) in [4.78, 5) is 18.6.